The normalized spacial score (nSPS) is 11.8. The van der Waals surface area contributed by atoms with Crippen molar-refractivity contribution in [2.24, 2.45) is 0 Å². The molecule has 2 aromatic rings. The minimum atomic E-state index is -0.884. The molecule has 1 atom stereocenters. The van der Waals surface area contributed by atoms with Crippen LogP contribution in [-0.2, 0) is 16.0 Å². The van der Waals surface area contributed by atoms with Crippen molar-refractivity contribution in [2.45, 2.75) is 12.5 Å². The van der Waals surface area contributed by atoms with Crippen LogP contribution in [0, 0.1) is 5.82 Å². The standard InChI is InChI=1S/C15H14ClFN2O3/c1-22-15(21)13(6-9-2-4-11(17)5-3-9)19-14(20)12-7-10(16)8-18-12/h2-5,7-8,13,18H,6H2,1H3,(H,19,20). The molecule has 1 aromatic heterocycles. The Kier molecular flexibility index (Phi) is 5.16. The Labute approximate surface area is 131 Å². The number of esters is 1. The van der Waals surface area contributed by atoms with Crippen LogP contribution in [0.2, 0.25) is 5.02 Å². The van der Waals surface area contributed by atoms with Gasteiger partial charge in [-0.05, 0) is 23.8 Å². The smallest absolute Gasteiger partial charge is 0.328 e. The number of carbonyl (C=O) groups excluding carboxylic acids is 2. The van der Waals surface area contributed by atoms with E-state index in [2.05, 4.69) is 15.0 Å². The van der Waals surface area contributed by atoms with Gasteiger partial charge in [-0.2, -0.15) is 0 Å². The van der Waals surface area contributed by atoms with Gasteiger partial charge in [-0.1, -0.05) is 23.7 Å². The summed E-state index contributed by atoms with van der Waals surface area (Å²) in [5.74, 6) is -1.44. The van der Waals surface area contributed by atoms with E-state index in [1.54, 1.807) is 12.1 Å². The molecule has 0 fully saturated rings. The van der Waals surface area contributed by atoms with Gasteiger partial charge in [0.15, 0.2) is 0 Å². The summed E-state index contributed by atoms with van der Waals surface area (Å²) in [5, 5.41) is 2.95. The highest BCUT2D eigenvalue weighted by molar-refractivity contribution is 6.31. The van der Waals surface area contributed by atoms with Gasteiger partial charge in [-0.3, -0.25) is 4.79 Å². The molecule has 0 saturated heterocycles. The Morgan fingerprint density at radius 1 is 1.36 bits per heavy atom. The van der Waals surface area contributed by atoms with Crippen LogP contribution in [0.1, 0.15) is 16.1 Å². The zero-order valence-electron chi connectivity index (χ0n) is 11.7. The number of ether oxygens (including phenoxy) is 1. The Morgan fingerprint density at radius 3 is 2.59 bits per heavy atom. The maximum Gasteiger partial charge on any atom is 0.328 e. The lowest BCUT2D eigenvalue weighted by atomic mass is 10.1. The number of H-pyrrole nitrogens is 1. The first kappa shape index (κ1) is 16.0. The Morgan fingerprint density at radius 2 is 2.05 bits per heavy atom. The average Bonchev–Trinajstić information content (AvgIpc) is 2.94. The highest BCUT2D eigenvalue weighted by Crippen LogP contribution is 2.11. The van der Waals surface area contributed by atoms with Crippen LogP contribution in [-0.4, -0.2) is 30.0 Å². The number of aromatic amines is 1. The third-order valence-electron chi connectivity index (χ3n) is 3.04. The van der Waals surface area contributed by atoms with E-state index in [9.17, 15) is 14.0 Å². The molecule has 1 amide bonds. The van der Waals surface area contributed by atoms with Crippen molar-refractivity contribution in [3.63, 3.8) is 0 Å². The molecular formula is C15H14ClFN2O3. The van der Waals surface area contributed by atoms with Gasteiger partial charge in [0.2, 0.25) is 0 Å². The Balaban J connectivity index is 2.10. The van der Waals surface area contributed by atoms with Crippen molar-refractivity contribution >= 4 is 23.5 Å². The van der Waals surface area contributed by atoms with Crippen LogP contribution in [0.15, 0.2) is 36.5 Å². The summed E-state index contributed by atoms with van der Waals surface area (Å²) in [6.07, 6.45) is 1.65. The van der Waals surface area contributed by atoms with Crippen LogP contribution in [0.5, 0.6) is 0 Å². The number of aromatic nitrogens is 1. The van der Waals surface area contributed by atoms with Crippen LogP contribution in [0.4, 0.5) is 4.39 Å². The maximum atomic E-state index is 12.9. The third kappa shape index (κ3) is 4.08. The molecule has 5 nitrogen and oxygen atoms in total. The first-order valence-corrected chi connectivity index (χ1v) is 6.84. The molecule has 0 saturated carbocycles. The van der Waals surface area contributed by atoms with Gasteiger partial charge in [0, 0.05) is 12.6 Å². The highest BCUT2D eigenvalue weighted by Gasteiger charge is 2.23. The molecular weight excluding hydrogens is 311 g/mol. The van der Waals surface area contributed by atoms with E-state index in [4.69, 9.17) is 11.6 Å². The number of halogens is 2. The zero-order chi connectivity index (χ0) is 16.1. The molecule has 22 heavy (non-hydrogen) atoms. The average molecular weight is 325 g/mol. The van der Waals surface area contributed by atoms with E-state index < -0.39 is 17.9 Å². The number of rotatable bonds is 5. The second kappa shape index (κ2) is 7.09. The number of nitrogens with one attached hydrogen (secondary N) is 2. The van der Waals surface area contributed by atoms with E-state index >= 15 is 0 Å². The predicted molar refractivity (Wildman–Crippen MR) is 79.2 cm³/mol. The molecule has 1 aromatic carbocycles. The van der Waals surface area contributed by atoms with Crippen molar-refractivity contribution < 1.29 is 18.7 Å². The summed E-state index contributed by atoms with van der Waals surface area (Å²) in [7, 11) is 1.23. The van der Waals surface area contributed by atoms with Gasteiger partial charge in [0.25, 0.3) is 5.91 Å². The molecule has 0 aliphatic carbocycles. The maximum absolute atomic E-state index is 12.9. The fourth-order valence-electron chi connectivity index (χ4n) is 1.93. The van der Waals surface area contributed by atoms with Crippen molar-refractivity contribution in [1.82, 2.24) is 10.3 Å². The number of methoxy groups -OCH3 is 1. The number of benzene rings is 1. The lowest BCUT2D eigenvalue weighted by molar-refractivity contribution is -0.142. The van der Waals surface area contributed by atoms with Crippen molar-refractivity contribution in [2.75, 3.05) is 7.11 Å². The summed E-state index contributed by atoms with van der Waals surface area (Å²) < 4.78 is 17.6. The summed E-state index contributed by atoms with van der Waals surface area (Å²) >= 11 is 5.74. The van der Waals surface area contributed by atoms with Crippen molar-refractivity contribution in [3.8, 4) is 0 Å². The number of hydrogen-bond acceptors (Lipinski definition) is 3. The second-order valence-electron chi connectivity index (χ2n) is 4.61. The van der Waals surface area contributed by atoms with Crippen molar-refractivity contribution in [1.29, 1.82) is 0 Å². The fourth-order valence-corrected chi connectivity index (χ4v) is 2.09. The molecule has 0 aliphatic rings. The first-order chi connectivity index (χ1) is 10.5. The molecule has 1 heterocycles. The summed E-state index contributed by atoms with van der Waals surface area (Å²) in [4.78, 5) is 26.6. The number of hydrogen-bond donors (Lipinski definition) is 2. The van der Waals surface area contributed by atoms with Gasteiger partial charge in [-0.15, -0.1) is 0 Å². The number of carbonyl (C=O) groups is 2. The van der Waals surface area contributed by atoms with Crippen LogP contribution in [0.25, 0.3) is 0 Å². The monoisotopic (exact) mass is 324 g/mol. The Hall–Kier alpha value is -2.34. The second-order valence-corrected chi connectivity index (χ2v) is 5.05. The largest absolute Gasteiger partial charge is 0.467 e. The minimum absolute atomic E-state index is 0.188. The highest BCUT2D eigenvalue weighted by atomic mass is 35.5. The van der Waals surface area contributed by atoms with Crippen LogP contribution in [0.3, 0.4) is 0 Å². The topological polar surface area (TPSA) is 71.2 Å². The molecule has 0 aliphatic heterocycles. The Bertz CT molecular complexity index is 670. The van der Waals surface area contributed by atoms with Gasteiger partial charge in [-0.25, -0.2) is 9.18 Å². The summed E-state index contributed by atoms with van der Waals surface area (Å²) in [6.45, 7) is 0. The van der Waals surface area contributed by atoms with E-state index in [1.165, 1.54) is 31.5 Å². The summed E-state index contributed by atoms with van der Waals surface area (Å²) in [6, 6.07) is 6.23. The van der Waals surface area contributed by atoms with E-state index in [0.29, 0.717) is 10.6 Å². The SMILES string of the molecule is COC(=O)C(Cc1ccc(F)cc1)NC(=O)c1cc(Cl)c[nH]1. The molecule has 116 valence electrons. The molecule has 2 N–H and O–H groups in total. The van der Waals surface area contributed by atoms with Gasteiger partial charge in [0.05, 0.1) is 12.1 Å². The van der Waals surface area contributed by atoms with Crippen molar-refractivity contribution in [3.05, 3.63) is 58.6 Å². The molecule has 2 rings (SSSR count). The van der Waals surface area contributed by atoms with Gasteiger partial charge >= 0.3 is 5.97 Å². The number of amides is 1. The lowest BCUT2D eigenvalue weighted by Gasteiger charge is -2.16. The van der Waals surface area contributed by atoms with E-state index in [1.807, 2.05) is 0 Å². The quantitative estimate of drug-likeness (QED) is 0.829. The molecule has 0 spiro atoms. The fraction of sp³-hybridized carbons (Fsp3) is 0.200. The minimum Gasteiger partial charge on any atom is -0.467 e. The third-order valence-corrected chi connectivity index (χ3v) is 3.25. The zero-order valence-corrected chi connectivity index (χ0v) is 12.5. The first-order valence-electron chi connectivity index (χ1n) is 6.46. The molecule has 7 heteroatoms. The predicted octanol–water partition coefficient (Wildman–Crippen LogP) is 2.32. The lowest BCUT2D eigenvalue weighted by Crippen LogP contribution is -2.43. The van der Waals surface area contributed by atoms with Gasteiger partial charge < -0.3 is 15.0 Å². The molecule has 1 unspecified atom stereocenters. The summed E-state index contributed by atoms with van der Waals surface area (Å²) in [5.41, 5.74) is 0.930. The molecule has 0 bridgehead atoms. The molecule has 0 radical (unpaired) electrons. The van der Waals surface area contributed by atoms with E-state index in [-0.39, 0.29) is 17.9 Å². The van der Waals surface area contributed by atoms with Crippen LogP contribution >= 0.6 is 11.6 Å². The van der Waals surface area contributed by atoms with Crippen LogP contribution < -0.4 is 5.32 Å². The van der Waals surface area contributed by atoms with E-state index in [0.717, 1.165) is 0 Å². The van der Waals surface area contributed by atoms with Gasteiger partial charge in [0.1, 0.15) is 17.6 Å².